The fraction of sp³-hybridized carbons (Fsp3) is 0.214. The molecule has 19 heavy (non-hydrogen) atoms. The molecule has 1 aromatic heterocycles. The molecule has 2 aromatic rings. The van der Waals surface area contributed by atoms with Crippen molar-refractivity contribution in [3.63, 3.8) is 0 Å². The van der Waals surface area contributed by atoms with Gasteiger partial charge < -0.3 is 5.73 Å². The Bertz CT molecular complexity index is 592. The van der Waals surface area contributed by atoms with Crippen molar-refractivity contribution in [2.75, 3.05) is 17.8 Å². The van der Waals surface area contributed by atoms with Gasteiger partial charge in [0.1, 0.15) is 0 Å². The summed E-state index contributed by atoms with van der Waals surface area (Å²) in [6.07, 6.45) is 4.93. The fourth-order valence-corrected chi connectivity index (χ4v) is 1.77. The first kappa shape index (κ1) is 13.0. The van der Waals surface area contributed by atoms with Crippen molar-refractivity contribution in [2.45, 2.75) is 13.8 Å². The van der Waals surface area contributed by atoms with Crippen LogP contribution in [-0.4, -0.2) is 22.7 Å². The van der Waals surface area contributed by atoms with E-state index in [1.165, 1.54) is 0 Å². The second-order valence-electron chi connectivity index (χ2n) is 4.36. The Morgan fingerprint density at radius 2 is 2.11 bits per heavy atom. The first-order chi connectivity index (χ1) is 9.08. The van der Waals surface area contributed by atoms with Crippen LogP contribution in [0.2, 0.25) is 0 Å². The molecule has 2 N–H and O–H groups in total. The number of hydrogen-bond donors (Lipinski definition) is 1. The Morgan fingerprint density at radius 1 is 1.32 bits per heavy atom. The molecule has 2 rings (SSSR count). The number of anilines is 2. The second kappa shape index (κ2) is 5.48. The highest BCUT2D eigenvalue weighted by atomic mass is 15.5. The number of nitrogens with two attached hydrogens (primary N) is 1. The van der Waals surface area contributed by atoms with Gasteiger partial charge in [-0.15, -0.1) is 0 Å². The summed E-state index contributed by atoms with van der Waals surface area (Å²) in [5, 5.41) is 6.17. The van der Waals surface area contributed by atoms with E-state index in [4.69, 9.17) is 5.73 Å². The van der Waals surface area contributed by atoms with Gasteiger partial charge in [-0.25, -0.2) is 9.99 Å². The number of aromatic nitrogens is 2. The zero-order valence-electron chi connectivity index (χ0n) is 11.3. The van der Waals surface area contributed by atoms with Crippen molar-refractivity contribution in [1.29, 1.82) is 0 Å². The van der Waals surface area contributed by atoms with Crippen LogP contribution in [0.15, 0.2) is 41.9 Å². The summed E-state index contributed by atoms with van der Waals surface area (Å²) in [5.74, 6) is 0.688. The maximum absolute atomic E-state index is 5.98. The zero-order chi connectivity index (χ0) is 13.8. The molecule has 1 heterocycles. The number of nitrogen functional groups attached to an aromatic ring is 1. The Balaban J connectivity index is 2.30. The van der Waals surface area contributed by atoms with E-state index in [9.17, 15) is 0 Å². The average molecular weight is 255 g/mol. The number of hydrazone groups is 1. The van der Waals surface area contributed by atoms with Gasteiger partial charge in [0.2, 0.25) is 0 Å². The maximum atomic E-state index is 5.98. The molecule has 0 aliphatic carbocycles. The van der Waals surface area contributed by atoms with Crippen LogP contribution in [0.1, 0.15) is 18.1 Å². The minimum absolute atomic E-state index is 0.688. The molecule has 0 spiro atoms. The van der Waals surface area contributed by atoms with Crippen LogP contribution < -0.4 is 10.7 Å². The van der Waals surface area contributed by atoms with Gasteiger partial charge in [0.15, 0.2) is 5.82 Å². The Hall–Kier alpha value is -2.43. The monoisotopic (exact) mass is 255 g/mol. The molecule has 0 saturated carbocycles. The van der Waals surface area contributed by atoms with Crippen molar-refractivity contribution in [3.05, 3.63) is 47.9 Å². The largest absolute Gasteiger partial charge is 0.398 e. The minimum atomic E-state index is 0.688. The fourth-order valence-electron chi connectivity index (χ4n) is 1.77. The Labute approximate surface area is 112 Å². The molecule has 0 saturated heterocycles. The van der Waals surface area contributed by atoms with E-state index in [1.807, 2.05) is 39.1 Å². The molecule has 0 aliphatic heterocycles. The molecule has 0 bridgehead atoms. The van der Waals surface area contributed by atoms with E-state index in [1.54, 1.807) is 23.6 Å². The van der Waals surface area contributed by atoms with E-state index in [0.717, 1.165) is 22.5 Å². The number of nitrogens with zero attached hydrogens (tertiary/aromatic N) is 4. The molecule has 1 aromatic carbocycles. The number of hydrogen-bond acceptors (Lipinski definition) is 5. The number of aryl methyl sites for hydroxylation is 1. The molecule has 98 valence electrons. The molecule has 0 aliphatic rings. The number of benzene rings is 1. The normalized spacial score (nSPS) is 11.4. The van der Waals surface area contributed by atoms with Gasteiger partial charge in [0.25, 0.3) is 0 Å². The third-order valence-corrected chi connectivity index (χ3v) is 2.78. The molecule has 0 radical (unpaired) electrons. The molecular weight excluding hydrogens is 238 g/mol. The topological polar surface area (TPSA) is 67.4 Å². The summed E-state index contributed by atoms with van der Waals surface area (Å²) < 4.78 is 0. The van der Waals surface area contributed by atoms with Crippen LogP contribution in [0, 0.1) is 6.92 Å². The predicted molar refractivity (Wildman–Crippen MR) is 78.2 cm³/mol. The third-order valence-electron chi connectivity index (χ3n) is 2.78. The van der Waals surface area contributed by atoms with Gasteiger partial charge in [0, 0.05) is 30.7 Å². The standard InChI is InChI=1S/C14H17N5/c1-10-4-5-13(15)12(8-10)11(2)18-19(3)14-9-16-6-7-17-14/h4-9H,15H2,1-3H3/b18-11+. The highest BCUT2D eigenvalue weighted by Crippen LogP contribution is 2.16. The summed E-state index contributed by atoms with van der Waals surface area (Å²) in [7, 11) is 1.83. The van der Waals surface area contributed by atoms with Gasteiger partial charge in [-0.05, 0) is 26.0 Å². The van der Waals surface area contributed by atoms with Gasteiger partial charge >= 0.3 is 0 Å². The molecule has 0 amide bonds. The van der Waals surface area contributed by atoms with Crippen molar-refractivity contribution < 1.29 is 0 Å². The van der Waals surface area contributed by atoms with Gasteiger partial charge in [-0.3, -0.25) is 4.98 Å². The van der Waals surface area contributed by atoms with Gasteiger partial charge in [-0.1, -0.05) is 11.6 Å². The number of rotatable bonds is 3. The van der Waals surface area contributed by atoms with E-state index < -0.39 is 0 Å². The maximum Gasteiger partial charge on any atom is 0.167 e. The summed E-state index contributed by atoms with van der Waals surface area (Å²) >= 11 is 0. The highest BCUT2D eigenvalue weighted by Gasteiger charge is 2.06. The van der Waals surface area contributed by atoms with Crippen molar-refractivity contribution >= 4 is 17.2 Å². The van der Waals surface area contributed by atoms with Crippen molar-refractivity contribution in [2.24, 2.45) is 5.10 Å². The van der Waals surface area contributed by atoms with Crippen LogP contribution in [-0.2, 0) is 0 Å². The zero-order valence-corrected chi connectivity index (χ0v) is 11.3. The van der Waals surface area contributed by atoms with Crippen LogP contribution in [0.4, 0.5) is 11.5 Å². The summed E-state index contributed by atoms with van der Waals surface area (Å²) in [4.78, 5) is 8.21. The van der Waals surface area contributed by atoms with Crippen LogP contribution in [0.3, 0.4) is 0 Å². The molecule has 5 heteroatoms. The molecular formula is C14H17N5. The average Bonchev–Trinajstić information content (AvgIpc) is 2.42. The lowest BCUT2D eigenvalue weighted by atomic mass is 10.1. The van der Waals surface area contributed by atoms with Crippen molar-refractivity contribution in [1.82, 2.24) is 9.97 Å². The lowest BCUT2D eigenvalue weighted by Crippen LogP contribution is -2.14. The SMILES string of the molecule is C/C(=N\N(C)c1cnccn1)c1cc(C)ccc1N. The van der Waals surface area contributed by atoms with Crippen LogP contribution >= 0.6 is 0 Å². The molecule has 0 atom stereocenters. The summed E-state index contributed by atoms with van der Waals surface area (Å²) in [6, 6.07) is 5.91. The molecule has 5 nitrogen and oxygen atoms in total. The van der Waals surface area contributed by atoms with Gasteiger partial charge in [-0.2, -0.15) is 5.10 Å². The molecule has 0 fully saturated rings. The Kier molecular flexibility index (Phi) is 3.75. The predicted octanol–water partition coefficient (Wildman–Crippen LogP) is 2.23. The van der Waals surface area contributed by atoms with E-state index in [-0.39, 0.29) is 0 Å². The lowest BCUT2D eigenvalue weighted by Gasteiger charge is -2.14. The minimum Gasteiger partial charge on any atom is -0.398 e. The second-order valence-corrected chi connectivity index (χ2v) is 4.36. The third kappa shape index (κ3) is 3.07. The lowest BCUT2D eigenvalue weighted by molar-refractivity contribution is 0.961. The first-order valence-corrected chi connectivity index (χ1v) is 5.99. The quantitative estimate of drug-likeness (QED) is 0.519. The molecule has 0 unspecified atom stereocenters. The van der Waals surface area contributed by atoms with Crippen molar-refractivity contribution in [3.8, 4) is 0 Å². The smallest absolute Gasteiger partial charge is 0.167 e. The van der Waals surface area contributed by atoms with Crippen LogP contribution in [0.5, 0.6) is 0 Å². The first-order valence-electron chi connectivity index (χ1n) is 5.99. The Morgan fingerprint density at radius 3 is 2.79 bits per heavy atom. The van der Waals surface area contributed by atoms with E-state index in [0.29, 0.717) is 5.82 Å². The van der Waals surface area contributed by atoms with E-state index >= 15 is 0 Å². The highest BCUT2D eigenvalue weighted by molar-refractivity contribution is 6.03. The van der Waals surface area contributed by atoms with E-state index in [2.05, 4.69) is 15.1 Å². The van der Waals surface area contributed by atoms with Crippen LogP contribution in [0.25, 0.3) is 0 Å². The summed E-state index contributed by atoms with van der Waals surface area (Å²) in [6.45, 7) is 3.96. The van der Waals surface area contributed by atoms with Gasteiger partial charge in [0.05, 0.1) is 11.9 Å². The summed E-state index contributed by atoms with van der Waals surface area (Å²) in [5.41, 5.74) is 9.64.